The summed E-state index contributed by atoms with van der Waals surface area (Å²) in [5, 5.41) is 0. The summed E-state index contributed by atoms with van der Waals surface area (Å²) in [6.07, 6.45) is 8.16. The van der Waals surface area contributed by atoms with Gasteiger partial charge >= 0.3 is 0 Å². The molecule has 1 heterocycles. The number of aromatic nitrogens is 2. The lowest BCUT2D eigenvalue weighted by Gasteiger charge is -2.27. The van der Waals surface area contributed by atoms with Crippen molar-refractivity contribution in [1.82, 2.24) is 9.55 Å². The minimum absolute atomic E-state index is 0.380. The number of rotatable bonds is 5. The van der Waals surface area contributed by atoms with Crippen LogP contribution in [0.1, 0.15) is 38.3 Å². The smallest absolute Gasteiger partial charge is 0.0951 e. The Morgan fingerprint density at radius 2 is 2.18 bits per heavy atom. The molecular weight excluding hydrogens is 208 g/mol. The van der Waals surface area contributed by atoms with E-state index in [1.165, 1.54) is 18.4 Å². The second kappa shape index (κ2) is 5.67. The van der Waals surface area contributed by atoms with Gasteiger partial charge in [-0.1, -0.05) is 44.9 Å². The highest BCUT2D eigenvalue weighted by Crippen LogP contribution is 2.30. The van der Waals surface area contributed by atoms with Crippen molar-refractivity contribution in [2.45, 2.75) is 32.7 Å². The first-order chi connectivity index (χ1) is 8.36. The molecule has 0 aliphatic carbocycles. The predicted molar refractivity (Wildman–Crippen MR) is 69.7 cm³/mol. The first-order valence-corrected chi connectivity index (χ1v) is 6.30. The van der Waals surface area contributed by atoms with E-state index in [0.29, 0.717) is 12.0 Å². The summed E-state index contributed by atoms with van der Waals surface area (Å²) in [5.41, 5.74) is 1.32. The molecule has 0 N–H and O–H groups in total. The number of benzene rings is 1. The van der Waals surface area contributed by atoms with Gasteiger partial charge in [0.2, 0.25) is 0 Å². The second-order valence-corrected chi connectivity index (χ2v) is 4.37. The molecule has 2 heteroatoms. The van der Waals surface area contributed by atoms with Crippen molar-refractivity contribution in [2.24, 2.45) is 5.92 Å². The number of nitrogens with zero attached hydrogens (tertiary/aromatic N) is 2. The van der Waals surface area contributed by atoms with Crippen LogP contribution in [0.15, 0.2) is 43.0 Å². The lowest BCUT2D eigenvalue weighted by molar-refractivity contribution is 0.355. The van der Waals surface area contributed by atoms with Crippen LogP contribution in [0, 0.1) is 12.0 Å². The molecule has 2 nitrogen and oxygen atoms in total. The summed E-state index contributed by atoms with van der Waals surface area (Å²) < 4.78 is 2.21. The Morgan fingerprint density at radius 3 is 2.71 bits per heavy atom. The van der Waals surface area contributed by atoms with Gasteiger partial charge in [-0.2, -0.15) is 0 Å². The average Bonchev–Trinajstić information content (AvgIpc) is 2.90. The van der Waals surface area contributed by atoms with Crippen LogP contribution < -0.4 is 0 Å². The highest BCUT2D eigenvalue weighted by atomic mass is 15.1. The molecular formula is C15H19N2. The topological polar surface area (TPSA) is 17.8 Å². The maximum atomic E-state index is 4.17. The van der Waals surface area contributed by atoms with Crippen molar-refractivity contribution in [3.05, 3.63) is 54.6 Å². The Labute approximate surface area is 103 Å². The summed E-state index contributed by atoms with van der Waals surface area (Å²) in [4.78, 5) is 4.17. The van der Waals surface area contributed by atoms with E-state index >= 15 is 0 Å². The number of imidazole rings is 1. The molecule has 0 saturated heterocycles. The van der Waals surface area contributed by atoms with E-state index in [0.717, 1.165) is 0 Å². The molecule has 0 aliphatic heterocycles. The summed E-state index contributed by atoms with van der Waals surface area (Å²) in [7, 11) is 0. The molecule has 1 aromatic heterocycles. The fraction of sp³-hybridized carbons (Fsp3) is 0.400. The van der Waals surface area contributed by atoms with Crippen LogP contribution in [0.4, 0.5) is 0 Å². The molecule has 17 heavy (non-hydrogen) atoms. The minimum Gasteiger partial charge on any atom is -0.330 e. The third-order valence-electron chi connectivity index (χ3n) is 3.41. The van der Waals surface area contributed by atoms with Crippen LogP contribution >= 0.6 is 0 Å². The fourth-order valence-electron chi connectivity index (χ4n) is 2.45. The molecule has 0 aliphatic rings. The van der Waals surface area contributed by atoms with Crippen LogP contribution in [0.2, 0.25) is 0 Å². The Morgan fingerprint density at radius 1 is 1.35 bits per heavy atom. The lowest BCUT2D eigenvalue weighted by Crippen LogP contribution is -2.18. The van der Waals surface area contributed by atoms with Crippen molar-refractivity contribution in [1.29, 1.82) is 0 Å². The van der Waals surface area contributed by atoms with Crippen LogP contribution in [0.5, 0.6) is 0 Å². The monoisotopic (exact) mass is 227 g/mol. The Hall–Kier alpha value is -1.57. The van der Waals surface area contributed by atoms with E-state index in [1.807, 2.05) is 18.6 Å². The van der Waals surface area contributed by atoms with Crippen LogP contribution in [-0.4, -0.2) is 9.55 Å². The fourth-order valence-corrected chi connectivity index (χ4v) is 2.45. The van der Waals surface area contributed by atoms with Gasteiger partial charge in [0.05, 0.1) is 12.4 Å². The highest BCUT2D eigenvalue weighted by molar-refractivity contribution is 5.20. The van der Waals surface area contributed by atoms with Crippen molar-refractivity contribution in [2.75, 3.05) is 0 Å². The van der Waals surface area contributed by atoms with E-state index < -0.39 is 0 Å². The van der Waals surface area contributed by atoms with Gasteiger partial charge in [0, 0.05) is 12.4 Å². The quantitative estimate of drug-likeness (QED) is 0.761. The standard InChI is InChI=1S/C15H19N2/c1-3-13(4-2)15(17-11-10-16-12-17)14-8-6-5-7-9-14/h5-6,8-13,15H,3-4H2,1-2H3. The average molecular weight is 227 g/mol. The number of hydrogen-bond acceptors (Lipinski definition) is 1. The third-order valence-corrected chi connectivity index (χ3v) is 3.41. The summed E-state index contributed by atoms with van der Waals surface area (Å²) in [6.45, 7) is 4.51. The van der Waals surface area contributed by atoms with Crippen molar-refractivity contribution >= 4 is 0 Å². The van der Waals surface area contributed by atoms with Crippen molar-refractivity contribution in [3.8, 4) is 0 Å². The van der Waals surface area contributed by atoms with Crippen LogP contribution in [-0.2, 0) is 0 Å². The molecule has 2 rings (SSSR count). The zero-order valence-electron chi connectivity index (χ0n) is 10.5. The van der Waals surface area contributed by atoms with Gasteiger partial charge in [0.25, 0.3) is 0 Å². The van der Waals surface area contributed by atoms with Gasteiger partial charge in [-0.05, 0) is 23.6 Å². The minimum atomic E-state index is 0.380. The summed E-state index contributed by atoms with van der Waals surface area (Å²) in [5.74, 6) is 0.639. The van der Waals surface area contributed by atoms with Gasteiger partial charge in [-0.3, -0.25) is 0 Å². The first-order valence-electron chi connectivity index (χ1n) is 6.30. The molecule has 2 aromatic rings. The normalized spacial score (nSPS) is 12.9. The molecule has 0 amide bonds. The SMILES string of the molecule is CCC(CC)C(c1c[c]ccc1)n1ccnc1. The molecule has 89 valence electrons. The zero-order valence-corrected chi connectivity index (χ0v) is 10.5. The number of hydrogen-bond donors (Lipinski definition) is 0. The Bertz CT molecular complexity index is 415. The zero-order chi connectivity index (χ0) is 12.1. The lowest BCUT2D eigenvalue weighted by atomic mass is 9.89. The molecule has 0 saturated carbocycles. The molecule has 1 atom stereocenters. The maximum absolute atomic E-state index is 4.17. The second-order valence-electron chi connectivity index (χ2n) is 4.37. The molecule has 0 spiro atoms. The Kier molecular flexibility index (Phi) is 3.97. The highest BCUT2D eigenvalue weighted by Gasteiger charge is 2.21. The predicted octanol–water partition coefficient (Wildman–Crippen LogP) is 3.71. The Balaban J connectivity index is 2.37. The van der Waals surface area contributed by atoms with Gasteiger partial charge in [0.1, 0.15) is 0 Å². The van der Waals surface area contributed by atoms with Crippen LogP contribution in [0.25, 0.3) is 0 Å². The van der Waals surface area contributed by atoms with E-state index in [9.17, 15) is 0 Å². The maximum Gasteiger partial charge on any atom is 0.0951 e. The molecule has 0 bridgehead atoms. The molecule has 1 unspecified atom stereocenters. The van der Waals surface area contributed by atoms with Gasteiger partial charge < -0.3 is 4.57 Å². The van der Waals surface area contributed by atoms with Gasteiger partial charge in [-0.25, -0.2) is 4.98 Å². The largest absolute Gasteiger partial charge is 0.330 e. The van der Waals surface area contributed by atoms with E-state index in [1.54, 1.807) is 0 Å². The molecule has 0 fully saturated rings. The van der Waals surface area contributed by atoms with Crippen molar-refractivity contribution < 1.29 is 0 Å². The third kappa shape index (κ3) is 2.57. The van der Waals surface area contributed by atoms with Crippen LogP contribution in [0.3, 0.4) is 0 Å². The summed E-state index contributed by atoms with van der Waals surface area (Å²) >= 11 is 0. The summed E-state index contributed by atoms with van der Waals surface area (Å²) in [6, 6.07) is 11.8. The van der Waals surface area contributed by atoms with E-state index in [-0.39, 0.29) is 0 Å². The molecule has 1 radical (unpaired) electrons. The van der Waals surface area contributed by atoms with E-state index in [4.69, 9.17) is 0 Å². The van der Waals surface area contributed by atoms with Gasteiger partial charge in [0.15, 0.2) is 0 Å². The van der Waals surface area contributed by atoms with Crippen molar-refractivity contribution in [3.63, 3.8) is 0 Å². The van der Waals surface area contributed by atoms with E-state index in [2.05, 4.69) is 53.9 Å². The van der Waals surface area contributed by atoms with Gasteiger partial charge in [-0.15, -0.1) is 0 Å². The molecule has 1 aromatic carbocycles. The first kappa shape index (κ1) is 11.9.